The van der Waals surface area contributed by atoms with Crippen LogP contribution in [0.15, 0.2) is 0 Å². The first-order valence-corrected chi connectivity index (χ1v) is 3.35. The van der Waals surface area contributed by atoms with E-state index >= 15 is 0 Å². The lowest BCUT2D eigenvalue weighted by Gasteiger charge is -2.05. The molecule has 0 aliphatic rings. The van der Waals surface area contributed by atoms with Crippen LogP contribution in [0.2, 0.25) is 0 Å². The van der Waals surface area contributed by atoms with Gasteiger partial charge in [-0.3, -0.25) is 9.59 Å². The second-order valence-electron chi connectivity index (χ2n) is 2.30. The van der Waals surface area contributed by atoms with E-state index in [0.717, 1.165) is 0 Å². The molecule has 0 aromatic rings. The van der Waals surface area contributed by atoms with Crippen LogP contribution in [0.5, 0.6) is 0 Å². The van der Waals surface area contributed by atoms with Crippen molar-refractivity contribution in [3.63, 3.8) is 0 Å². The predicted molar refractivity (Wildman–Crippen MR) is 40.5 cm³/mol. The Labute approximate surface area is 65.1 Å². The van der Waals surface area contributed by atoms with Crippen LogP contribution in [0.4, 0.5) is 0 Å². The monoisotopic (exact) mass is 159 g/mol. The Hall–Kier alpha value is -1.10. The van der Waals surface area contributed by atoms with E-state index < -0.39 is 11.9 Å². The summed E-state index contributed by atoms with van der Waals surface area (Å²) in [4.78, 5) is 20.9. The maximum atomic E-state index is 10.7. The highest BCUT2D eigenvalue weighted by Crippen LogP contribution is 1.77. The highest BCUT2D eigenvalue weighted by molar-refractivity contribution is 5.81. The summed E-state index contributed by atoms with van der Waals surface area (Å²) in [6, 6.07) is -0.539. The first-order chi connectivity index (χ1) is 5.04. The summed E-state index contributed by atoms with van der Waals surface area (Å²) in [7, 11) is 0. The largest absolute Gasteiger partial charge is 0.370 e. The number of rotatable bonds is 4. The number of primary amides is 1. The van der Waals surface area contributed by atoms with Gasteiger partial charge in [-0.05, 0) is 6.92 Å². The van der Waals surface area contributed by atoms with Gasteiger partial charge in [0.2, 0.25) is 11.8 Å². The van der Waals surface area contributed by atoms with Crippen LogP contribution in [0.3, 0.4) is 0 Å². The van der Waals surface area contributed by atoms with Crippen molar-refractivity contribution in [1.82, 2.24) is 5.32 Å². The molecule has 0 bridgehead atoms. The lowest BCUT2D eigenvalue weighted by atomic mass is 10.3. The van der Waals surface area contributed by atoms with Crippen molar-refractivity contribution in [1.29, 1.82) is 0 Å². The van der Waals surface area contributed by atoms with E-state index in [4.69, 9.17) is 11.5 Å². The van der Waals surface area contributed by atoms with Crippen molar-refractivity contribution < 1.29 is 9.59 Å². The van der Waals surface area contributed by atoms with Gasteiger partial charge >= 0.3 is 0 Å². The highest BCUT2D eigenvalue weighted by atomic mass is 16.2. The summed E-state index contributed by atoms with van der Waals surface area (Å²) in [6.07, 6.45) is 0.151. The van der Waals surface area contributed by atoms with Crippen molar-refractivity contribution in [3.05, 3.63) is 0 Å². The fourth-order valence-corrected chi connectivity index (χ4v) is 0.470. The van der Waals surface area contributed by atoms with Crippen LogP contribution in [0, 0.1) is 0 Å². The summed E-state index contributed by atoms with van der Waals surface area (Å²) in [6.45, 7) is 1.83. The molecule has 5 N–H and O–H groups in total. The lowest BCUT2D eigenvalue weighted by molar-refractivity contribution is -0.122. The van der Waals surface area contributed by atoms with Crippen molar-refractivity contribution in [3.8, 4) is 0 Å². The van der Waals surface area contributed by atoms with Gasteiger partial charge < -0.3 is 16.8 Å². The van der Waals surface area contributed by atoms with Gasteiger partial charge in [-0.1, -0.05) is 0 Å². The second-order valence-corrected chi connectivity index (χ2v) is 2.30. The number of nitrogens with one attached hydrogen (secondary N) is 1. The molecule has 2 amide bonds. The standard InChI is InChI=1S/C6H13N3O2/c1-4(7)6(11)9-3-2-5(8)10/h4H,2-3,7H2,1H3,(H2,8,10)(H,9,11). The number of amides is 2. The van der Waals surface area contributed by atoms with Crippen molar-refractivity contribution >= 4 is 11.8 Å². The number of hydrogen-bond donors (Lipinski definition) is 3. The number of nitrogens with two attached hydrogens (primary N) is 2. The molecule has 0 saturated carbocycles. The molecule has 1 unspecified atom stereocenters. The third kappa shape index (κ3) is 5.35. The number of hydrogen-bond acceptors (Lipinski definition) is 3. The molecule has 0 rings (SSSR count). The van der Waals surface area contributed by atoms with E-state index in [9.17, 15) is 9.59 Å². The molecule has 0 heterocycles. The zero-order valence-corrected chi connectivity index (χ0v) is 6.46. The molecule has 11 heavy (non-hydrogen) atoms. The fraction of sp³-hybridized carbons (Fsp3) is 0.667. The Morgan fingerprint density at radius 3 is 2.45 bits per heavy atom. The molecule has 5 nitrogen and oxygen atoms in total. The average Bonchev–Trinajstić information content (AvgIpc) is 1.86. The van der Waals surface area contributed by atoms with Crippen LogP contribution in [-0.2, 0) is 9.59 Å². The molecule has 0 aliphatic heterocycles. The predicted octanol–water partition coefficient (Wildman–Crippen LogP) is -1.67. The van der Waals surface area contributed by atoms with Gasteiger partial charge in [-0.15, -0.1) is 0 Å². The minimum atomic E-state index is -0.539. The summed E-state index contributed by atoms with van der Waals surface area (Å²) in [5.41, 5.74) is 10.1. The lowest BCUT2D eigenvalue weighted by Crippen LogP contribution is -2.39. The van der Waals surface area contributed by atoms with E-state index in [-0.39, 0.29) is 18.9 Å². The van der Waals surface area contributed by atoms with E-state index in [0.29, 0.717) is 0 Å². The third-order valence-electron chi connectivity index (χ3n) is 1.08. The average molecular weight is 159 g/mol. The Kier molecular flexibility index (Phi) is 4.21. The van der Waals surface area contributed by atoms with Crippen LogP contribution in [0.25, 0.3) is 0 Å². The van der Waals surface area contributed by atoms with Crippen LogP contribution in [0.1, 0.15) is 13.3 Å². The van der Waals surface area contributed by atoms with Crippen LogP contribution in [-0.4, -0.2) is 24.4 Å². The van der Waals surface area contributed by atoms with E-state index in [1.807, 2.05) is 0 Å². The number of carbonyl (C=O) groups is 2. The van der Waals surface area contributed by atoms with Crippen LogP contribution >= 0.6 is 0 Å². The molecule has 0 spiro atoms. The first-order valence-electron chi connectivity index (χ1n) is 3.35. The Morgan fingerprint density at radius 1 is 1.55 bits per heavy atom. The van der Waals surface area contributed by atoms with E-state index in [1.54, 1.807) is 6.92 Å². The molecule has 0 aliphatic carbocycles. The molecule has 0 saturated heterocycles. The summed E-state index contributed by atoms with van der Waals surface area (Å²) >= 11 is 0. The highest BCUT2D eigenvalue weighted by Gasteiger charge is 2.05. The molecular weight excluding hydrogens is 146 g/mol. The van der Waals surface area contributed by atoms with Gasteiger partial charge in [0.05, 0.1) is 6.04 Å². The quantitative estimate of drug-likeness (QED) is 0.457. The van der Waals surface area contributed by atoms with Crippen molar-refractivity contribution in [2.75, 3.05) is 6.54 Å². The molecule has 0 radical (unpaired) electrons. The first kappa shape index (κ1) is 9.90. The van der Waals surface area contributed by atoms with Gasteiger partial charge in [-0.2, -0.15) is 0 Å². The van der Waals surface area contributed by atoms with Gasteiger partial charge in [0.1, 0.15) is 0 Å². The summed E-state index contributed by atoms with van der Waals surface area (Å²) in [5.74, 6) is -0.707. The van der Waals surface area contributed by atoms with Gasteiger partial charge in [0.15, 0.2) is 0 Å². The molecule has 1 atom stereocenters. The van der Waals surface area contributed by atoms with Crippen molar-refractivity contribution in [2.45, 2.75) is 19.4 Å². The molecule has 0 fully saturated rings. The Balaban J connectivity index is 3.39. The van der Waals surface area contributed by atoms with Crippen LogP contribution < -0.4 is 16.8 Å². The Bertz CT molecular complexity index is 156. The minimum Gasteiger partial charge on any atom is -0.370 e. The topological polar surface area (TPSA) is 98.2 Å². The van der Waals surface area contributed by atoms with Gasteiger partial charge in [-0.25, -0.2) is 0 Å². The minimum absolute atomic E-state index is 0.151. The normalized spacial score (nSPS) is 12.2. The molecule has 64 valence electrons. The van der Waals surface area contributed by atoms with E-state index in [1.165, 1.54) is 0 Å². The second kappa shape index (κ2) is 4.68. The molecule has 5 heteroatoms. The maximum Gasteiger partial charge on any atom is 0.236 e. The number of carbonyl (C=O) groups excluding carboxylic acids is 2. The zero-order valence-electron chi connectivity index (χ0n) is 6.46. The van der Waals surface area contributed by atoms with Crippen molar-refractivity contribution in [2.24, 2.45) is 11.5 Å². The Morgan fingerprint density at radius 2 is 2.09 bits per heavy atom. The zero-order chi connectivity index (χ0) is 8.85. The molecular formula is C6H13N3O2. The van der Waals surface area contributed by atoms with Gasteiger partial charge in [0, 0.05) is 13.0 Å². The molecule has 0 aromatic heterocycles. The smallest absolute Gasteiger partial charge is 0.236 e. The summed E-state index contributed by atoms with van der Waals surface area (Å²) < 4.78 is 0. The SMILES string of the molecule is CC(N)C(=O)NCCC(N)=O. The fourth-order valence-electron chi connectivity index (χ4n) is 0.470. The third-order valence-corrected chi connectivity index (χ3v) is 1.08. The van der Waals surface area contributed by atoms with E-state index in [2.05, 4.69) is 5.32 Å². The maximum absolute atomic E-state index is 10.7. The summed E-state index contributed by atoms with van der Waals surface area (Å²) in [5, 5.41) is 2.45. The molecule has 0 aromatic carbocycles. The van der Waals surface area contributed by atoms with Gasteiger partial charge in [0.25, 0.3) is 0 Å².